The fourth-order valence-electron chi connectivity index (χ4n) is 1.51. The molecule has 0 N–H and O–H groups in total. The molecule has 0 saturated carbocycles. The Kier molecular flexibility index (Phi) is 3.37. The summed E-state index contributed by atoms with van der Waals surface area (Å²) in [6.45, 7) is 4.38. The van der Waals surface area contributed by atoms with Gasteiger partial charge in [0.15, 0.2) is 5.76 Å². The van der Waals surface area contributed by atoms with Crippen molar-refractivity contribution >= 4 is 0 Å². The molecule has 0 amide bonds. The predicted octanol–water partition coefficient (Wildman–Crippen LogP) is 3.26. The summed E-state index contributed by atoms with van der Waals surface area (Å²) in [6.07, 6.45) is 0.0617. The van der Waals surface area contributed by atoms with E-state index in [1.54, 1.807) is 0 Å². The third-order valence-corrected chi connectivity index (χ3v) is 2.42. The van der Waals surface area contributed by atoms with Gasteiger partial charge in [-0.15, -0.1) is 0 Å². The Bertz CT molecular complexity index is 436. The van der Waals surface area contributed by atoms with Gasteiger partial charge in [0.1, 0.15) is 6.61 Å². The van der Waals surface area contributed by atoms with Crippen LogP contribution in [0.4, 0.5) is 0 Å². The van der Waals surface area contributed by atoms with E-state index >= 15 is 0 Å². The lowest BCUT2D eigenvalue weighted by molar-refractivity contribution is 0.0390. The molecule has 0 aliphatic heterocycles. The Balaban J connectivity index is 1.91. The van der Waals surface area contributed by atoms with Crippen LogP contribution >= 0.6 is 0 Å². The molecule has 0 fully saturated rings. The summed E-state index contributed by atoms with van der Waals surface area (Å²) in [4.78, 5) is 0. The summed E-state index contributed by atoms with van der Waals surface area (Å²) in [5, 5.41) is 3.81. The smallest absolute Gasteiger partial charge is 0.162 e. The zero-order chi connectivity index (χ0) is 11.4. The highest BCUT2D eigenvalue weighted by Gasteiger charge is 2.07. The fraction of sp³-hybridized carbons (Fsp3) is 0.308. The zero-order valence-electron chi connectivity index (χ0n) is 9.51. The molecular formula is C13H15NO2. The Hall–Kier alpha value is -1.61. The molecule has 2 aromatic rings. The van der Waals surface area contributed by atoms with Crippen LogP contribution in [0.25, 0.3) is 0 Å². The van der Waals surface area contributed by atoms with Crippen molar-refractivity contribution in [2.45, 2.75) is 26.6 Å². The van der Waals surface area contributed by atoms with Crippen LogP contribution < -0.4 is 0 Å². The van der Waals surface area contributed by atoms with E-state index in [9.17, 15) is 0 Å². The van der Waals surface area contributed by atoms with Gasteiger partial charge in [0.05, 0.1) is 11.8 Å². The van der Waals surface area contributed by atoms with Crippen molar-refractivity contribution < 1.29 is 9.26 Å². The molecule has 1 aromatic carbocycles. The number of aryl methyl sites for hydroxylation is 1. The number of benzene rings is 1. The van der Waals surface area contributed by atoms with Crippen molar-refractivity contribution in [3.8, 4) is 0 Å². The van der Waals surface area contributed by atoms with E-state index in [1.165, 1.54) is 5.56 Å². The normalized spacial score (nSPS) is 12.6. The van der Waals surface area contributed by atoms with Crippen molar-refractivity contribution in [2.75, 3.05) is 0 Å². The highest BCUT2D eigenvalue weighted by Crippen LogP contribution is 2.18. The Morgan fingerprint density at radius 3 is 2.69 bits per heavy atom. The first kappa shape index (κ1) is 10.9. The van der Waals surface area contributed by atoms with E-state index in [-0.39, 0.29) is 6.10 Å². The van der Waals surface area contributed by atoms with Crippen LogP contribution in [0.3, 0.4) is 0 Å². The number of ether oxygens (including phenoxy) is 1. The van der Waals surface area contributed by atoms with Gasteiger partial charge in [-0.1, -0.05) is 35.5 Å². The molecule has 3 heteroatoms. The molecule has 3 nitrogen and oxygen atoms in total. The first-order valence-corrected chi connectivity index (χ1v) is 5.34. The number of hydrogen-bond donors (Lipinski definition) is 0. The summed E-state index contributed by atoms with van der Waals surface area (Å²) in [7, 11) is 0. The van der Waals surface area contributed by atoms with E-state index in [4.69, 9.17) is 9.26 Å². The minimum Gasteiger partial charge on any atom is -0.366 e. The van der Waals surface area contributed by atoms with Gasteiger partial charge in [-0.3, -0.25) is 0 Å². The Morgan fingerprint density at radius 2 is 2.06 bits per heavy atom. The lowest BCUT2D eigenvalue weighted by Crippen LogP contribution is -1.99. The monoisotopic (exact) mass is 217 g/mol. The van der Waals surface area contributed by atoms with E-state index < -0.39 is 0 Å². The van der Waals surface area contributed by atoms with Crippen LogP contribution in [0.5, 0.6) is 0 Å². The van der Waals surface area contributed by atoms with Crippen LogP contribution in [-0.2, 0) is 11.3 Å². The molecule has 1 aromatic heterocycles. The summed E-state index contributed by atoms with van der Waals surface area (Å²) >= 11 is 0. The molecule has 0 saturated heterocycles. The molecule has 0 aliphatic rings. The minimum absolute atomic E-state index is 0.0617. The van der Waals surface area contributed by atoms with Crippen LogP contribution in [-0.4, -0.2) is 5.16 Å². The van der Waals surface area contributed by atoms with Gasteiger partial charge in [0, 0.05) is 6.07 Å². The quantitative estimate of drug-likeness (QED) is 0.788. The zero-order valence-corrected chi connectivity index (χ0v) is 9.51. The minimum atomic E-state index is 0.0617. The van der Waals surface area contributed by atoms with Crippen molar-refractivity contribution in [1.29, 1.82) is 0 Å². The molecule has 0 aliphatic carbocycles. The van der Waals surface area contributed by atoms with Crippen molar-refractivity contribution in [3.63, 3.8) is 0 Å². The van der Waals surface area contributed by atoms with E-state index in [0.29, 0.717) is 6.61 Å². The SMILES string of the molecule is Cc1cc(COC(C)c2ccccc2)on1. The highest BCUT2D eigenvalue weighted by molar-refractivity contribution is 5.16. The number of rotatable bonds is 4. The first-order valence-electron chi connectivity index (χ1n) is 5.34. The largest absolute Gasteiger partial charge is 0.366 e. The average molecular weight is 217 g/mol. The van der Waals surface area contributed by atoms with Gasteiger partial charge >= 0.3 is 0 Å². The summed E-state index contributed by atoms with van der Waals surface area (Å²) in [5.74, 6) is 0.764. The molecule has 84 valence electrons. The lowest BCUT2D eigenvalue weighted by atomic mass is 10.1. The van der Waals surface area contributed by atoms with Crippen LogP contribution in [0.2, 0.25) is 0 Å². The summed E-state index contributed by atoms with van der Waals surface area (Å²) in [5.41, 5.74) is 2.05. The van der Waals surface area contributed by atoms with Gasteiger partial charge in [-0.05, 0) is 19.4 Å². The van der Waals surface area contributed by atoms with Crippen molar-refractivity contribution in [2.24, 2.45) is 0 Å². The molecule has 0 spiro atoms. The molecule has 0 radical (unpaired) electrons. The molecule has 0 bridgehead atoms. The topological polar surface area (TPSA) is 35.3 Å². The van der Waals surface area contributed by atoms with Gasteiger partial charge in [-0.25, -0.2) is 0 Å². The third-order valence-electron chi connectivity index (χ3n) is 2.42. The van der Waals surface area contributed by atoms with Crippen LogP contribution in [0, 0.1) is 6.92 Å². The second-order valence-electron chi connectivity index (χ2n) is 3.80. The lowest BCUT2D eigenvalue weighted by Gasteiger charge is -2.11. The summed E-state index contributed by atoms with van der Waals surface area (Å²) in [6, 6.07) is 12.0. The summed E-state index contributed by atoms with van der Waals surface area (Å²) < 4.78 is 10.8. The number of aromatic nitrogens is 1. The predicted molar refractivity (Wildman–Crippen MR) is 60.9 cm³/mol. The van der Waals surface area contributed by atoms with Gasteiger partial charge < -0.3 is 9.26 Å². The third kappa shape index (κ3) is 2.70. The maximum Gasteiger partial charge on any atom is 0.162 e. The van der Waals surface area contributed by atoms with Crippen molar-refractivity contribution in [1.82, 2.24) is 5.16 Å². The molecule has 1 unspecified atom stereocenters. The van der Waals surface area contributed by atoms with Gasteiger partial charge in [-0.2, -0.15) is 0 Å². The maximum atomic E-state index is 5.69. The molecule has 1 atom stereocenters. The Labute approximate surface area is 95.0 Å². The van der Waals surface area contributed by atoms with Crippen LogP contribution in [0.15, 0.2) is 40.9 Å². The second kappa shape index (κ2) is 4.94. The van der Waals surface area contributed by atoms with E-state index in [2.05, 4.69) is 17.3 Å². The molecule has 16 heavy (non-hydrogen) atoms. The number of nitrogens with zero attached hydrogens (tertiary/aromatic N) is 1. The standard InChI is InChI=1S/C13H15NO2/c1-10-8-13(16-14-10)9-15-11(2)12-6-4-3-5-7-12/h3-8,11H,9H2,1-2H3. The maximum absolute atomic E-state index is 5.69. The first-order chi connectivity index (χ1) is 7.75. The second-order valence-corrected chi connectivity index (χ2v) is 3.80. The highest BCUT2D eigenvalue weighted by atomic mass is 16.5. The fourth-order valence-corrected chi connectivity index (χ4v) is 1.51. The molecular weight excluding hydrogens is 202 g/mol. The molecule has 1 heterocycles. The van der Waals surface area contributed by atoms with Crippen molar-refractivity contribution in [3.05, 3.63) is 53.4 Å². The van der Waals surface area contributed by atoms with E-state index in [0.717, 1.165) is 11.5 Å². The van der Waals surface area contributed by atoms with Crippen LogP contribution in [0.1, 0.15) is 30.0 Å². The number of hydrogen-bond acceptors (Lipinski definition) is 3. The Morgan fingerprint density at radius 1 is 1.31 bits per heavy atom. The van der Waals surface area contributed by atoms with Gasteiger partial charge in [0.25, 0.3) is 0 Å². The van der Waals surface area contributed by atoms with E-state index in [1.807, 2.05) is 38.1 Å². The molecule has 2 rings (SSSR count). The van der Waals surface area contributed by atoms with Gasteiger partial charge in [0.2, 0.25) is 0 Å². The average Bonchev–Trinajstić information content (AvgIpc) is 2.73.